The SMILES string of the molecule is Cc1cc(C)cc(N2C(=O)c3ccc(-c4ccco4)n3C[C@]2(C)C(=O)NCc2ccc(Cl)cc2)c1. The van der Waals surface area contributed by atoms with Gasteiger partial charge in [0.2, 0.25) is 5.91 Å². The van der Waals surface area contributed by atoms with E-state index in [2.05, 4.69) is 5.32 Å². The molecule has 1 atom stereocenters. The first kappa shape index (κ1) is 23.0. The third-order valence-electron chi connectivity index (χ3n) is 6.46. The van der Waals surface area contributed by atoms with E-state index < -0.39 is 5.54 Å². The predicted molar refractivity (Wildman–Crippen MR) is 137 cm³/mol. The predicted octanol–water partition coefficient (Wildman–Crippen LogP) is 5.75. The lowest BCUT2D eigenvalue weighted by atomic mass is 9.93. The van der Waals surface area contributed by atoms with Gasteiger partial charge in [-0.05, 0) is 86.0 Å². The molecule has 0 bridgehead atoms. The molecule has 0 fully saturated rings. The first-order chi connectivity index (χ1) is 16.8. The van der Waals surface area contributed by atoms with Crippen molar-refractivity contribution in [2.24, 2.45) is 0 Å². The van der Waals surface area contributed by atoms with Crippen LogP contribution in [0.15, 0.2) is 77.4 Å². The summed E-state index contributed by atoms with van der Waals surface area (Å²) >= 11 is 6.00. The van der Waals surface area contributed by atoms with E-state index in [-0.39, 0.29) is 18.4 Å². The largest absolute Gasteiger partial charge is 0.463 e. The highest BCUT2D eigenvalue weighted by Crippen LogP contribution is 2.37. The standard InChI is InChI=1S/C28H26ClN3O3/c1-18-13-19(2)15-22(14-18)32-26(33)24-11-10-23(25-5-4-12-35-25)31(24)17-28(32,3)27(34)30-16-20-6-8-21(29)9-7-20/h4-15H,16-17H2,1-3H3,(H,30,34)/t28-/m1/s1. The van der Waals surface area contributed by atoms with Gasteiger partial charge in [0.25, 0.3) is 5.91 Å². The Hall–Kier alpha value is -3.77. The zero-order valence-electron chi connectivity index (χ0n) is 19.8. The molecule has 5 rings (SSSR count). The maximum absolute atomic E-state index is 13.9. The van der Waals surface area contributed by atoms with E-state index in [1.54, 1.807) is 35.4 Å². The third-order valence-corrected chi connectivity index (χ3v) is 6.71. The van der Waals surface area contributed by atoms with Crippen LogP contribution in [0, 0.1) is 13.8 Å². The number of carbonyl (C=O) groups is 2. The number of aromatic nitrogens is 1. The monoisotopic (exact) mass is 487 g/mol. The molecule has 2 aromatic carbocycles. The summed E-state index contributed by atoms with van der Waals surface area (Å²) < 4.78 is 7.49. The first-order valence-electron chi connectivity index (χ1n) is 11.5. The number of amides is 2. The number of anilines is 1. The van der Waals surface area contributed by atoms with Gasteiger partial charge in [-0.3, -0.25) is 14.5 Å². The van der Waals surface area contributed by atoms with Crippen LogP contribution < -0.4 is 10.2 Å². The Labute approximate surface area is 209 Å². The Bertz CT molecular complexity index is 1390. The summed E-state index contributed by atoms with van der Waals surface area (Å²) in [7, 11) is 0. The lowest BCUT2D eigenvalue weighted by molar-refractivity contribution is -0.126. The van der Waals surface area contributed by atoms with Crippen LogP contribution in [0.25, 0.3) is 11.5 Å². The van der Waals surface area contributed by atoms with Crippen molar-refractivity contribution in [1.82, 2.24) is 9.88 Å². The summed E-state index contributed by atoms with van der Waals surface area (Å²) in [6.45, 7) is 6.39. The van der Waals surface area contributed by atoms with Gasteiger partial charge in [0, 0.05) is 17.3 Å². The number of furan rings is 1. The number of hydrogen-bond acceptors (Lipinski definition) is 3. The van der Waals surface area contributed by atoms with Gasteiger partial charge in [0.1, 0.15) is 17.0 Å². The molecule has 2 amide bonds. The van der Waals surface area contributed by atoms with Gasteiger partial charge in [-0.1, -0.05) is 29.8 Å². The van der Waals surface area contributed by atoms with E-state index in [0.29, 0.717) is 28.7 Å². The molecular weight excluding hydrogens is 462 g/mol. The average molecular weight is 488 g/mol. The van der Waals surface area contributed by atoms with Crippen molar-refractivity contribution < 1.29 is 14.0 Å². The highest BCUT2D eigenvalue weighted by Gasteiger charge is 2.48. The van der Waals surface area contributed by atoms with Gasteiger partial charge in [0.15, 0.2) is 0 Å². The van der Waals surface area contributed by atoms with Crippen molar-refractivity contribution in [2.45, 2.75) is 39.4 Å². The summed E-state index contributed by atoms with van der Waals surface area (Å²) in [4.78, 5) is 29.4. The number of benzene rings is 2. The van der Waals surface area contributed by atoms with Crippen molar-refractivity contribution in [3.8, 4) is 11.5 Å². The van der Waals surface area contributed by atoms with E-state index >= 15 is 0 Å². The van der Waals surface area contributed by atoms with Gasteiger partial charge in [-0.25, -0.2) is 0 Å². The second-order valence-corrected chi connectivity index (χ2v) is 9.67. The molecule has 0 spiro atoms. The molecule has 1 aliphatic rings. The molecule has 1 N–H and O–H groups in total. The number of nitrogens with zero attached hydrogens (tertiary/aromatic N) is 2. The average Bonchev–Trinajstić information content (AvgIpc) is 3.47. The van der Waals surface area contributed by atoms with Crippen LogP contribution in [-0.4, -0.2) is 21.9 Å². The Kier molecular flexibility index (Phi) is 5.77. The van der Waals surface area contributed by atoms with Gasteiger partial charge in [0.05, 0.1) is 18.5 Å². The molecule has 4 aromatic rings. The van der Waals surface area contributed by atoms with Crippen LogP contribution in [0.2, 0.25) is 5.02 Å². The van der Waals surface area contributed by atoms with Gasteiger partial charge < -0.3 is 14.3 Å². The fourth-order valence-electron chi connectivity index (χ4n) is 4.81. The Morgan fingerprint density at radius 1 is 1.03 bits per heavy atom. The maximum Gasteiger partial charge on any atom is 0.275 e. The zero-order chi connectivity index (χ0) is 24.7. The van der Waals surface area contributed by atoms with Crippen LogP contribution in [-0.2, 0) is 17.9 Å². The summed E-state index contributed by atoms with van der Waals surface area (Å²) in [5.74, 6) is 0.167. The molecule has 2 aromatic heterocycles. The second kappa shape index (κ2) is 8.78. The van der Waals surface area contributed by atoms with Crippen molar-refractivity contribution in [1.29, 1.82) is 0 Å². The molecule has 0 radical (unpaired) electrons. The molecular formula is C28H26ClN3O3. The lowest BCUT2D eigenvalue weighted by Gasteiger charge is -2.44. The summed E-state index contributed by atoms with van der Waals surface area (Å²) in [6, 6.07) is 20.6. The Morgan fingerprint density at radius 2 is 1.71 bits per heavy atom. The van der Waals surface area contributed by atoms with Crippen molar-refractivity contribution in [2.75, 3.05) is 4.90 Å². The first-order valence-corrected chi connectivity index (χ1v) is 11.8. The van der Waals surface area contributed by atoms with Gasteiger partial charge in [-0.2, -0.15) is 0 Å². The molecule has 6 nitrogen and oxygen atoms in total. The minimum absolute atomic E-state index is 0.233. The second-order valence-electron chi connectivity index (χ2n) is 9.24. The number of aryl methyl sites for hydroxylation is 2. The van der Waals surface area contributed by atoms with E-state index in [0.717, 1.165) is 22.4 Å². The molecule has 7 heteroatoms. The molecule has 0 saturated heterocycles. The van der Waals surface area contributed by atoms with Crippen LogP contribution in [0.4, 0.5) is 5.69 Å². The Balaban J connectivity index is 1.57. The normalized spacial score (nSPS) is 17.4. The molecule has 1 aliphatic heterocycles. The van der Waals surface area contributed by atoms with Crippen LogP contribution in [0.1, 0.15) is 34.1 Å². The van der Waals surface area contributed by atoms with Gasteiger partial charge in [-0.15, -0.1) is 0 Å². The van der Waals surface area contributed by atoms with Crippen molar-refractivity contribution >= 4 is 29.1 Å². The summed E-state index contributed by atoms with van der Waals surface area (Å²) in [6.07, 6.45) is 1.60. The minimum atomic E-state index is -1.18. The molecule has 178 valence electrons. The minimum Gasteiger partial charge on any atom is -0.463 e. The molecule has 0 unspecified atom stereocenters. The number of nitrogens with one attached hydrogen (secondary N) is 1. The summed E-state index contributed by atoms with van der Waals surface area (Å²) in [5, 5.41) is 3.68. The topological polar surface area (TPSA) is 67.5 Å². The molecule has 35 heavy (non-hydrogen) atoms. The highest BCUT2D eigenvalue weighted by atomic mass is 35.5. The van der Waals surface area contributed by atoms with E-state index in [4.69, 9.17) is 16.0 Å². The van der Waals surface area contributed by atoms with Crippen molar-refractivity contribution in [3.05, 3.63) is 100 Å². The lowest BCUT2D eigenvalue weighted by Crippen LogP contribution is -2.64. The number of carbonyl (C=O) groups excluding carboxylic acids is 2. The quantitative estimate of drug-likeness (QED) is 0.389. The molecule has 3 heterocycles. The van der Waals surface area contributed by atoms with Crippen LogP contribution >= 0.6 is 11.6 Å². The maximum atomic E-state index is 13.9. The van der Waals surface area contributed by atoms with Crippen LogP contribution in [0.5, 0.6) is 0 Å². The smallest absolute Gasteiger partial charge is 0.275 e. The van der Waals surface area contributed by atoms with E-state index in [9.17, 15) is 9.59 Å². The van der Waals surface area contributed by atoms with E-state index in [1.807, 2.05) is 67.8 Å². The zero-order valence-corrected chi connectivity index (χ0v) is 20.6. The molecule has 0 saturated carbocycles. The number of fused-ring (bicyclic) bond motifs is 1. The molecule has 0 aliphatic carbocycles. The van der Waals surface area contributed by atoms with Gasteiger partial charge >= 0.3 is 0 Å². The fraction of sp³-hybridized carbons (Fsp3) is 0.214. The summed E-state index contributed by atoms with van der Waals surface area (Å²) in [5.41, 5.74) is 3.75. The van der Waals surface area contributed by atoms with E-state index in [1.165, 1.54) is 0 Å². The van der Waals surface area contributed by atoms with Crippen LogP contribution in [0.3, 0.4) is 0 Å². The fourth-order valence-corrected chi connectivity index (χ4v) is 4.94. The number of rotatable bonds is 5. The number of halogens is 1. The number of hydrogen-bond donors (Lipinski definition) is 1. The Morgan fingerprint density at radius 3 is 2.37 bits per heavy atom. The van der Waals surface area contributed by atoms with Crippen molar-refractivity contribution in [3.63, 3.8) is 0 Å². The third kappa shape index (κ3) is 4.15. The highest BCUT2D eigenvalue weighted by molar-refractivity contribution is 6.30.